The number of ketones is 1. The number of hydrogen-bond acceptors (Lipinski definition) is 8. The number of hydrogen-bond donors (Lipinski definition) is 1. The molecule has 0 aliphatic heterocycles. The summed E-state index contributed by atoms with van der Waals surface area (Å²) in [7, 11) is 0. The van der Waals surface area contributed by atoms with Gasteiger partial charge in [0.1, 0.15) is 24.8 Å². The molecule has 11 heteroatoms. The van der Waals surface area contributed by atoms with E-state index in [-0.39, 0.29) is 25.4 Å². The summed E-state index contributed by atoms with van der Waals surface area (Å²) in [6.45, 7) is 6.69. The Morgan fingerprint density at radius 2 is 1.83 bits per heavy atom. The molecule has 2 aromatic carbocycles. The molecule has 1 aromatic heterocycles. The number of ether oxygens (including phenoxy) is 2. The van der Waals surface area contributed by atoms with E-state index in [0.29, 0.717) is 10.6 Å². The second-order valence-electron chi connectivity index (χ2n) is 9.14. The van der Waals surface area contributed by atoms with E-state index in [1.165, 1.54) is 0 Å². The Balaban J connectivity index is 1.70. The van der Waals surface area contributed by atoms with E-state index in [4.69, 9.17) is 21.1 Å². The summed E-state index contributed by atoms with van der Waals surface area (Å²) in [5, 5.41) is 15.0. The van der Waals surface area contributed by atoms with Crippen molar-refractivity contribution in [2.45, 2.75) is 58.9 Å². The Morgan fingerprint density at radius 3 is 2.53 bits per heavy atom. The largest absolute Gasteiger partial charge is 0.460 e. The van der Waals surface area contributed by atoms with Crippen LogP contribution < -0.4 is 5.32 Å². The molecule has 0 bridgehead atoms. The molecule has 10 nitrogen and oxygen atoms in total. The number of aromatic nitrogens is 4. The maximum absolute atomic E-state index is 13.1. The first-order chi connectivity index (χ1) is 17.0. The minimum absolute atomic E-state index is 0.00522. The highest BCUT2D eigenvalue weighted by molar-refractivity contribution is 6.33. The van der Waals surface area contributed by atoms with Crippen LogP contribution in [0.25, 0.3) is 11.4 Å². The number of esters is 1. The molecule has 0 radical (unpaired) electrons. The van der Waals surface area contributed by atoms with Gasteiger partial charge in [0, 0.05) is 5.56 Å². The Morgan fingerprint density at radius 1 is 1.11 bits per heavy atom. The van der Waals surface area contributed by atoms with E-state index in [9.17, 15) is 14.4 Å². The van der Waals surface area contributed by atoms with E-state index in [1.54, 1.807) is 45.0 Å². The van der Waals surface area contributed by atoms with Gasteiger partial charge in [-0.3, -0.25) is 9.59 Å². The van der Waals surface area contributed by atoms with Crippen LogP contribution in [-0.2, 0) is 32.2 Å². The predicted octanol–water partition coefficient (Wildman–Crippen LogP) is 3.90. The maximum Gasteiger partial charge on any atom is 0.408 e. The number of nitrogens with zero attached hydrogens (tertiary/aromatic N) is 4. The molecule has 0 fully saturated rings. The minimum atomic E-state index is -1.22. The first-order valence-corrected chi connectivity index (χ1v) is 11.6. The summed E-state index contributed by atoms with van der Waals surface area (Å²) in [4.78, 5) is 39.0. The van der Waals surface area contributed by atoms with Gasteiger partial charge in [0.2, 0.25) is 5.82 Å². The van der Waals surface area contributed by atoms with E-state index in [1.807, 2.05) is 31.2 Å². The Hall–Kier alpha value is -3.79. The normalized spacial score (nSPS) is 12.0. The number of Topliss-reactive ketones (excluding diaryl/α,β-unsaturated/α-hetero) is 1. The van der Waals surface area contributed by atoms with Gasteiger partial charge in [0.15, 0.2) is 5.78 Å². The lowest BCUT2D eigenvalue weighted by Gasteiger charge is -2.22. The SMILES string of the molecule is Cc1ccc(Cl)c(-c2nnn(CC(=O)C(CC(=O)OC(C)(C)C)NC(=O)OCc3ccccc3)n2)c1. The number of halogens is 1. The van der Waals surface area contributed by atoms with E-state index in [0.717, 1.165) is 15.9 Å². The van der Waals surface area contributed by atoms with Crippen LogP contribution >= 0.6 is 11.6 Å². The van der Waals surface area contributed by atoms with Crippen molar-refractivity contribution in [1.82, 2.24) is 25.5 Å². The topological polar surface area (TPSA) is 125 Å². The van der Waals surface area contributed by atoms with Crippen LogP contribution in [0.15, 0.2) is 48.5 Å². The molecule has 36 heavy (non-hydrogen) atoms. The number of carbonyl (C=O) groups excluding carboxylic acids is 3. The van der Waals surface area contributed by atoms with Gasteiger partial charge in [-0.15, -0.1) is 10.2 Å². The van der Waals surface area contributed by atoms with Crippen LogP contribution in [-0.4, -0.2) is 49.7 Å². The molecule has 190 valence electrons. The Bertz CT molecular complexity index is 1220. The summed E-state index contributed by atoms with van der Waals surface area (Å²) in [5.41, 5.74) is 1.55. The van der Waals surface area contributed by atoms with Gasteiger partial charge < -0.3 is 14.8 Å². The Labute approximate surface area is 213 Å². The zero-order valence-corrected chi connectivity index (χ0v) is 21.3. The van der Waals surface area contributed by atoms with Crippen LogP contribution in [0.5, 0.6) is 0 Å². The number of aryl methyl sites for hydroxylation is 1. The molecule has 0 aliphatic carbocycles. The summed E-state index contributed by atoms with van der Waals surface area (Å²) in [5.74, 6) is -0.935. The molecule has 1 atom stereocenters. The van der Waals surface area contributed by atoms with Crippen LogP contribution in [0.2, 0.25) is 5.02 Å². The molecule has 3 rings (SSSR count). The zero-order chi connectivity index (χ0) is 26.3. The summed E-state index contributed by atoms with van der Waals surface area (Å²) in [6, 6.07) is 13.2. The lowest BCUT2D eigenvalue weighted by atomic mass is 10.1. The van der Waals surface area contributed by atoms with Crippen LogP contribution in [0.1, 0.15) is 38.3 Å². The second-order valence-corrected chi connectivity index (χ2v) is 9.55. The van der Waals surface area contributed by atoms with Crippen molar-refractivity contribution in [3.63, 3.8) is 0 Å². The van der Waals surface area contributed by atoms with Crippen molar-refractivity contribution in [2.75, 3.05) is 0 Å². The molecule has 1 N–H and O–H groups in total. The molecular weight excluding hydrogens is 486 g/mol. The first-order valence-electron chi connectivity index (χ1n) is 11.3. The van der Waals surface area contributed by atoms with Gasteiger partial charge in [-0.2, -0.15) is 4.80 Å². The monoisotopic (exact) mass is 513 g/mol. The number of carbonyl (C=O) groups is 3. The highest BCUT2D eigenvalue weighted by Crippen LogP contribution is 2.25. The summed E-state index contributed by atoms with van der Waals surface area (Å²) >= 11 is 6.24. The number of nitrogens with one attached hydrogen (secondary N) is 1. The zero-order valence-electron chi connectivity index (χ0n) is 20.5. The van der Waals surface area contributed by atoms with Crippen molar-refractivity contribution in [3.05, 3.63) is 64.7 Å². The molecule has 1 amide bonds. The smallest absolute Gasteiger partial charge is 0.408 e. The molecule has 0 saturated heterocycles. The van der Waals surface area contributed by atoms with Gasteiger partial charge in [0.25, 0.3) is 0 Å². The standard InChI is InChI=1S/C25H28ClN5O5/c1-16-10-11-19(26)18(12-16)23-28-30-31(29-23)14-21(32)20(13-22(33)36-25(2,3)4)27-24(34)35-15-17-8-6-5-7-9-17/h5-12,20H,13-15H2,1-4H3,(H,27,34). The van der Waals surface area contributed by atoms with Crippen molar-refractivity contribution in [3.8, 4) is 11.4 Å². The fraction of sp³-hybridized carbons (Fsp3) is 0.360. The highest BCUT2D eigenvalue weighted by Gasteiger charge is 2.28. The second kappa shape index (κ2) is 11.8. The third kappa shape index (κ3) is 8.16. The number of rotatable bonds is 9. The van der Waals surface area contributed by atoms with Crippen LogP contribution in [0.4, 0.5) is 4.79 Å². The van der Waals surface area contributed by atoms with Crippen molar-refractivity contribution in [2.24, 2.45) is 0 Å². The minimum Gasteiger partial charge on any atom is -0.460 e. The fourth-order valence-corrected chi connectivity index (χ4v) is 3.38. The lowest BCUT2D eigenvalue weighted by molar-refractivity contribution is -0.156. The molecule has 3 aromatic rings. The summed E-state index contributed by atoms with van der Waals surface area (Å²) < 4.78 is 10.5. The van der Waals surface area contributed by atoms with Gasteiger partial charge in [0.05, 0.1) is 11.4 Å². The number of amides is 1. The Kier molecular flexibility index (Phi) is 8.76. The molecule has 0 aliphatic rings. The third-order valence-corrected chi connectivity index (χ3v) is 5.13. The fourth-order valence-electron chi connectivity index (χ4n) is 3.18. The molecule has 1 unspecified atom stereocenters. The van der Waals surface area contributed by atoms with E-state index < -0.39 is 29.5 Å². The predicted molar refractivity (Wildman–Crippen MR) is 132 cm³/mol. The molecular formula is C25H28ClN5O5. The lowest BCUT2D eigenvalue weighted by Crippen LogP contribution is -2.45. The van der Waals surface area contributed by atoms with Crippen molar-refractivity contribution < 1.29 is 23.9 Å². The van der Waals surface area contributed by atoms with Gasteiger partial charge >= 0.3 is 12.1 Å². The molecule has 0 spiro atoms. The average molecular weight is 514 g/mol. The van der Waals surface area contributed by atoms with Crippen LogP contribution in [0.3, 0.4) is 0 Å². The first kappa shape index (κ1) is 26.8. The molecule has 0 saturated carbocycles. The van der Waals surface area contributed by atoms with Crippen LogP contribution in [0, 0.1) is 6.92 Å². The van der Waals surface area contributed by atoms with E-state index >= 15 is 0 Å². The number of benzene rings is 2. The van der Waals surface area contributed by atoms with Crippen molar-refractivity contribution in [1.29, 1.82) is 0 Å². The van der Waals surface area contributed by atoms with Gasteiger partial charge in [-0.25, -0.2) is 4.79 Å². The van der Waals surface area contributed by atoms with Gasteiger partial charge in [-0.05, 0) is 50.6 Å². The average Bonchev–Trinajstić information content (AvgIpc) is 3.26. The third-order valence-electron chi connectivity index (χ3n) is 4.80. The molecule has 1 heterocycles. The quantitative estimate of drug-likeness (QED) is 0.427. The highest BCUT2D eigenvalue weighted by atomic mass is 35.5. The number of alkyl carbamates (subject to hydrolysis) is 1. The summed E-state index contributed by atoms with van der Waals surface area (Å²) in [6.07, 6.45) is -1.23. The van der Waals surface area contributed by atoms with Gasteiger partial charge in [-0.1, -0.05) is 53.6 Å². The van der Waals surface area contributed by atoms with E-state index in [2.05, 4.69) is 20.7 Å². The number of tetrazole rings is 1. The maximum atomic E-state index is 13.1. The van der Waals surface area contributed by atoms with Crippen molar-refractivity contribution >= 4 is 29.4 Å².